The van der Waals surface area contributed by atoms with Crippen molar-refractivity contribution in [3.8, 4) is 11.5 Å². The molecule has 5 heteroatoms. The second-order valence-corrected chi connectivity index (χ2v) is 5.88. The van der Waals surface area contributed by atoms with Gasteiger partial charge in [0.05, 0.1) is 24.9 Å². The summed E-state index contributed by atoms with van der Waals surface area (Å²) in [6, 6.07) is 4.87. The molecule has 0 saturated carbocycles. The molecule has 2 saturated heterocycles. The fourth-order valence-corrected chi connectivity index (χ4v) is 3.62. The number of ether oxygens (including phenoxy) is 2. The van der Waals surface area contributed by atoms with E-state index < -0.39 is 0 Å². The van der Waals surface area contributed by atoms with E-state index in [0.717, 1.165) is 5.69 Å². The highest BCUT2D eigenvalue weighted by atomic mass is 35.5. The van der Waals surface area contributed by atoms with Gasteiger partial charge in [-0.25, -0.2) is 0 Å². The van der Waals surface area contributed by atoms with Crippen LogP contribution >= 0.6 is 11.6 Å². The molecule has 2 heterocycles. The monoisotopic (exact) mass is 296 g/mol. The highest BCUT2D eigenvalue weighted by Gasteiger charge is 2.37. The van der Waals surface area contributed by atoms with Gasteiger partial charge in [0.15, 0.2) is 11.5 Å². The van der Waals surface area contributed by atoms with Crippen molar-refractivity contribution in [2.24, 2.45) is 0 Å². The van der Waals surface area contributed by atoms with Crippen molar-refractivity contribution in [3.63, 3.8) is 0 Å². The first-order valence-corrected chi connectivity index (χ1v) is 7.53. The molecule has 0 aliphatic carbocycles. The Labute approximate surface area is 125 Å². The molecule has 2 unspecified atom stereocenters. The number of hydrogen-bond donors (Lipinski definition) is 1. The van der Waals surface area contributed by atoms with Gasteiger partial charge < -0.3 is 14.8 Å². The van der Waals surface area contributed by atoms with Crippen molar-refractivity contribution in [2.45, 2.75) is 31.3 Å². The maximum absolute atomic E-state index is 6.35. The summed E-state index contributed by atoms with van der Waals surface area (Å²) in [5.41, 5.74) is 0.933. The molecular formula is C15H21ClN2O2. The predicted molar refractivity (Wildman–Crippen MR) is 81.2 cm³/mol. The van der Waals surface area contributed by atoms with Crippen LogP contribution in [0.15, 0.2) is 12.1 Å². The van der Waals surface area contributed by atoms with E-state index >= 15 is 0 Å². The fourth-order valence-electron chi connectivity index (χ4n) is 3.42. The lowest BCUT2D eigenvalue weighted by Crippen LogP contribution is -2.33. The van der Waals surface area contributed by atoms with Gasteiger partial charge in [-0.2, -0.15) is 0 Å². The molecule has 4 nitrogen and oxygen atoms in total. The molecule has 3 rings (SSSR count). The van der Waals surface area contributed by atoms with E-state index in [1.807, 2.05) is 12.1 Å². The lowest BCUT2D eigenvalue weighted by molar-refractivity contribution is 0.318. The molecule has 2 aliphatic heterocycles. The van der Waals surface area contributed by atoms with Crippen LogP contribution in [-0.4, -0.2) is 44.3 Å². The maximum atomic E-state index is 6.35. The van der Waals surface area contributed by atoms with E-state index in [0.29, 0.717) is 28.6 Å². The third kappa shape index (κ3) is 2.42. The Morgan fingerprint density at radius 3 is 2.65 bits per heavy atom. The quantitative estimate of drug-likeness (QED) is 0.926. The first-order chi connectivity index (χ1) is 9.72. The fraction of sp³-hybridized carbons (Fsp3) is 0.600. The topological polar surface area (TPSA) is 33.7 Å². The molecule has 20 heavy (non-hydrogen) atoms. The Morgan fingerprint density at radius 2 is 1.90 bits per heavy atom. The van der Waals surface area contributed by atoms with Crippen LogP contribution in [0.4, 0.5) is 5.69 Å². The van der Waals surface area contributed by atoms with Gasteiger partial charge in [-0.15, -0.1) is 0 Å². The summed E-state index contributed by atoms with van der Waals surface area (Å²) >= 11 is 6.35. The van der Waals surface area contributed by atoms with Crippen LogP contribution in [0.3, 0.4) is 0 Å². The molecule has 0 bridgehead atoms. The van der Waals surface area contributed by atoms with Gasteiger partial charge in [-0.1, -0.05) is 11.6 Å². The largest absolute Gasteiger partial charge is 0.493 e. The highest BCUT2D eigenvalue weighted by molar-refractivity contribution is 6.33. The zero-order valence-electron chi connectivity index (χ0n) is 12.0. The standard InChI is InChI=1S/C15H21ClN2O2/c1-19-14-8-10(16)12(9-15(14)20-2)17-11-5-7-18-6-3-4-13(11)18/h8-9,11,13,17H,3-7H2,1-2H3. The number of halogens is 1. The van der Waals surface area contributed by atoms with Crippen LogP contribution in [0.2, 0.25) is 5.02 Å². The summed E-state index contributed by atoms with van der Waals surface area (Å²) in [5.74, 6) is 1.37. The smallest absolute Gasteiger partial charge is 0.162 e. The Balaban J connectivity index is 1.80. The summed E-state index contributed by atoms with van der Waals surface area (Å²) in [6.07, 6.45) is 3.76. The van der Waals surface area contributed by atoms with Gasteiger partial charge in [-0.05, 0) is 25.8 Å². The van der Waals surface area contributed by atoms with Crippen molar-refractivity contribution >= 4 is 17.3 Å². The summed E-state index contributed by atoms with van der Waals surface area (Å²) in [4.78, 5) is 2.58. The second kappa shape index (κ2) is 5.70. The molecule has 110 valence electrons. The SMILES string of the molecule is COc1cc(Cl)c(NC2CCN3CCCC23)cc1OC. The van der Waals surface area contributed by atoms with Gasteiger partial charge in [0, 0.05) is 30.8 Å². The van der Waals surface area contributed by atoms with Crippen LogP contribution < -0.4 is 14.8 Å². The number of nitrogens with one attached hydrogen (secondary N) is 1. The summed E-state index contributed by atoms with van der Waals surface area (Å²) in [6.45, 7) is 2.43. The first kappa shape index (κ1) is 13.8. The number of nitrogens with zero attached hydrogens (tertiary/aromatic N) is 1. The van der Waals surface area contributed by atoms with Crippen LogP contribution in [0.25, 0.3) is 0 Å². The number of hydrogen-bond acceptors (Lipinski definition) is 4. The predicted octanol–water partition coefficient (Wildman–Crippen LogP) is 3.01. The molecule has 0 radical (unpaired) electrons. The van der Waals surface area contributed by atoms with Crippen LogP contribution in [-0.2, 0) is 0 Å². The van der Waals surface area contributed by atoms with Crippen LogP contribution in [0.1, 0.15) is 19.3 Å². The van der Waals surface area contributed by atoms with E-state index in [1.54, 1.807) is 14.2 Å². The summed E-state index contributed by atoms with van der Waals surface area (Å²) in [5, 5.41) is 4.28. The van der Waals surface area contributed by atoms with Crippen molar-refractivity contribution in [1.29, 1.82) is 0 Å². The Kier molecular flexibility index (Phi) is 3.94. The molecule has 2 atom stereocenters. The second-order valence-electron chi connectivity index (χ2n) is 5.47. The van der Waals surface area contributed by atoms with E-state index in [1.165, 1.54) is 32.4 Å². The molecule has 0 spiro atoms. The zero-order chi connectivity index (χ0) is 14.1. The molecule has 0 amide bonds. The summed E-state index contributed by atoms with van der Waals surface area (Å²) < 4.78 is 10.6. The Morgan fingerprint density at radius 1 is 1.15 bits per heavy atom. The van der Waals surface area contributed by atoms with E-state index in [2.05, 4.69) is 10.2 Å². The lowest BCUT2D eigenvalue weighted by atomic mass is 10.1. The van der Waals surface area contributed by atoms with E-state index in [-0.39, 0.29) is 0 Å². The zero-order valence-corrected chi connectivity index (χ0v) is 12.7. The summed E-state index contributed by atoms with van der Waals surface area (Å²) in [7, 11) is 3.26. The average Bonchev–Trinajstić information content (AvgIpc) is 3.05. The van der Waals surface area contributed by atoms with E-state index in [9.17, 15) is 0 Å². The number of methoxy groups -OCH3 is 2. The van der Waals surface area contributed by atoms with Gasteiger partial charge in [0.25, 0.3) is 0 Å². The third-order valence-corrected chi connectivity index (χ3v) is 4.73. The number of fused-ring (bicyclic) bond motifs is 1. The minimum Gasteiger partial charge on any atom is -0.493 e. The van der Waals surface area contributed by atoms with Crippen molar-refractivity contribution in [2.75, 3.05) is 32.6 Å². The Hall–Kier alpha value is -1.13. The molecule has 1 aromatic rings. The molecule has 2 fully saturated rings. The Bertz CT molecular complexity index is 495. The molecule has 0 aromatic heterocycles. The average molecular weight is 297 g/mol. The van der Waals surface area contributed by atoms with Gasteiger partial charge >= 0.3 is 0 Å². The van der Waals surface area contributed by atoms with Crippen molar-refractivity contribution in [3.05, 3.63) is 17.2 Å². The minimum absolute atomic E-state index is 0.480. The van der Waals surface area contributed by atoms with Gasteiger partial charge in [0.1, 0.15) is 0 Å². The maximum Gasteiger partial charge on any atom is 0.162 e. The molecule has 1 N–H and O–H groups in total. The van der Waals surface area contributed by atoms with Gasteiger partial charge in [-0.3, -0.25) is 4.90 Å². The third-order valence-electron chi connectivity index (χ3n) is 4.42. The highest BCUT2D eigenvalue weighted by Crippen LogP contribution is 2.38. The van der Waals surface area contributed by atoms with Crippen molar-refractivity contribution < 1.29 is 9.47 Å². The number of anilines is 1. The number of benzene rings is 1. The number of rotatable bonds is 4. The minimum atomic E-state index is 0.480. The van der Waals surface area contributed by atoms with Crippen LogP contribution in [0, 0.1) is 0 Å². The van der Waals surface area contributed by atoms with Gasteiger partial charge in [0.2, 0.25) is 0 Å². The first-order valence-electron chi connectivity index (χ1n) is 7.15. The normalized spacial score (nSPS) is 25.6. The van der Waals surface area contributed by atoms with Crippen LogP contribution in [0.5, 0.6) is 11.5 Å². The van der Waals surface area contributed by atoms with Crippen molar-refractivity contribution in [1.82, 2.24) is 4.90 Å². The van der Waals surface area contributed by atoms with E-state index in [4.69, 9.17) is 21.1 Å². The molecular weight excluding hydrogens is 276 g/mol. The lowest BCUT2D eigenvalue weighted by Gasteiger charge is -2.23. The molecule has 2 aliphatic rings. The molecule has 1 aromatic carbocycles.